The van der Waals surface area contributed by atoms with Crippen LogP contribution in [-0.4, -0.2) is 24.1 Å². The molecule has 3 heterocycles. The molecule has 0 saturated heterocycles. The van der Waals surface area contributed by atoms with Gasteiger partial charge in [-0.25, -0.2) is 15.0 Å². The Morgan fingerprint density at radius 3 is 1.34 bits per heavy atom. The van der Waals surface area contributed by atoms with Crippen molar-refractivity contribution in [1.82, 2.24) is 24.1 Å². The van der Waals surface area contributed by atoms with Gasteiger partial charge in [0.2, 0.25) is 0 Å². The summed E-state index contributed by atoms with van der Waals surface area (Å²) in [5, 5.41) is 4.71. The molecule has 12 rings (SSSR count). The number of hydrogen-bond acceptors (Lipinski definition) is 3. The maximum Gasteiger partial charge on any atom is 0.166 e. The van der Waals surface area contributed by atoms with Crippen LogP contribution in [0.15, 0.2) is 224 Å². The normalized spacial score (nSPS) is 11.5. The summed E-state index contributed by atoms with van der Waals surface area (Å²) in [4.78, 5) is 15.4. The first-order valence-electron chi connectivity index (χ1n) is 21.0. The molecule has 0 bridgehead atoms. The lowest BCUT2D eigenvalue weighted by molar-refractivity contribution is 1.07. The van der Waals surface area contributed by atoms with Crippen LogP contribution in [0, 0.1) is 0 Å². The van der Waals surface area contributed by atoms with E-state index in [1.807, 2.05) is 36.4 Å². The number of hydrogen-bond donors (Lipinski definition) is 0. The Balaban J connectivity index is 1.13. The molecule has 0 atom stereocenters. The van der Waals surface area contributed by atoms with E-state index in [1.54, 1.807) is 0 Å². The number of aromatic nitrogens is 5. The summed E-state index contributed by atoms with van der Waals surface area (Å²) in [7, 11) is 0. The number of rotatable bonds is 7. The number of benzene rings is 9. The molecule has 0 aliphatic rings. The second-order valence-electron chi connectivity index (χ2n) is 15.6. The van der Waals surface area contributed by atoms with E-state index in [4.69, 9.17) is 15.0 Å². The molecular formula is C57H37N5. The van der Waals surface area contributed by atoms with Crippen molar-refractivity contribution in [2.75, 3.05) is 0 Å². The molecule has 9 aromatic carbocycles. The fourth-order valence-corrected chi connectivity index (χ4v) is 9.15. The number of para-hydroxylation sites is 4. The lowest BCUT2D eigenvalue weighted by atomic mass is 9.99. The maximum atomic E-state index is 5.22. The summed E-state index contributed by atoms with van der Waals surface area (Å²) in [5.74, 6) is 1.88. The van der Waals surface area contributed by atoms with Crippen molar-refractivity contribution >= 4 is 43.6 Å². The fraction of sp³-hybridized carbons (Fsp3) is 0. The van der Waals surface area contributed by atoms with Gasteiger partial charge in [-0.05, 0) is 65.2 Å². The highest BCUT2D eigenvalue weighted by Crippen LogP contribution is 2.43. The third-order valence-corrected chi connectivity index (χ3v) is 12.0. The van der Waals surface area contributed by atoms with Gasteiger partial charge in [0, 0.05) is 55.2 Å². The molecule has 0 fully saturated rings. The Morgan fingerprint density at radius 2 is 0.742 bits per heavy atom. The third-order valence-electron chi connectivity index (χ3n) is 12.0. The minimum Gasteiger partial charge on any atom is -0.309 e. The molecule has 12 aromatic rings. The first kappa shape index (κ1) is 35.5. The minimum atomic E-state index is 0.619. The van der Waals surface area contributed by atoms with Crippen LogP contribution in [0.4, 0.5) is 0 Å². The van der Waals surface area contributed by atoms with Gasteiger partial charge in [-0.2, -0.15) is 0 Å². The van der Waals surface area contributed by atoms with Gasteiger partial charge in [-0.15, -0.1) is 0 Å². The highest BCUT2D eigenvalue weighted by molar-refractivity contribution is 6.18. The lowest BCUT2D eigenvalue weighted by Crippen LogP contribution is -2.02. The molecule has 0 N–H and O–H groups in total. The van der Waals surface area contributed by atoms with Crippen LogP contribution in [0.1, 0.15) is 0 Å². The molecule has 290 valence electrons. The lowest BCUT2D eigenvalue weighted by Gasteiger charge is -2.14. The fourth-order valence-electron chi connectivity index (χ4n) is 9.15. The van der Waals surface area contributed by atoms with Crippen molar-refractivity contribution in [1.29, 1.82) is 0 Å². The molecule has 5 heteroatoms. The van der Waals surface area contributed by atoms with Crippen LogP contribution >= 0.6 is 0 Å². The number of nitrogens with zero attached hydrogens (tertiary/aromatic N) is 5. The zero-order chi connectivity index (χ0) is 41.0. The molecule has 0 radical (unpaired) electrons. The molecule has 5 nitrogen and oxygen atoms in total. The summed E-state index contributed by atoms with van der Waals surface area (Å²) in [6, 6.07) is 79.3. The SMILES string of the molecule is c1ccc(-c2ccc3c(c2)c2ccc(-c4cccc5c6cccc(-c7nc(-c8ccccc8)nc(-c8ccccc8)n7)c6n(-c6ccccc6)c45)cc2n3-c2ccccc2)cc1. The van der Waals surface area contributed by atoms with Gasteiger partial charge in [-0.1, -0.05) is 176 Å². The quantitative estimate of drug-likeness (QED) is 0.162. The predicted octanol–water partition coefficient (Wildman–Crippen LogP) is 14.4. The van der Waals surface area contributed by atoms with Crippen LogP contribution in [0.3, 0.4) is 0 Å². The largest absolute Gasteiger partial charge is 0.309 e. The summed E-state index contributed by atoms with van der Waals surface area (Å²) in [5.41, 5.74) is 14.1. The van der Waals surface area contributed by atoms with Crippen molar-refractivity contribution in [2.45, 2.75) is 0 Å². The standard InChI is InChI=1S/C57H37N5/c1-6-18-38(19-7-1)41-33-35-51-50(36-41)46-34-32-42(37-52(46)61(51)43-24-12-4-13-25-43)45-28-16-29-47-48-30-17-31-49(54(48)62(53(45)47)44-26-14-5-15-27-44)57-59-55(39-20-8-2-9-21-39)58-56(60-57)40-22-10-3-11-23-40/h1-37H. The second kappa shape index (κ2) is 14.7. The van der Waals surface area contributed by atoms with Gasteiger partial charge >= 0.3 is 0 Å². The monoisotopic (exact) mass is 791 g/mol. The van der Waals surface area contributed by atoms with Crippen molar-refractivity contribution in [3.05, 3.63) is 224 Å². The van der Waals surface area contributed by atoms with Crippen LogP contribution in [0.5, 0.6) is 0 Å². The van der Waals surface area contributed by atoms with Crippen molar-refractivity contribution in [2.24, 2.45) is 0 Å². The first-order chi connectivity index (χ1) is 30.8. The minimum absolute atomic E-state index is 0.619. The Morgan fingerprint density at radius 1 is 0.258 bits per heavy atom. The summed E-state index contributed by atoms with van der Waals surface area (Å²) in [6.07, 6.45) is 0. The molecule has 0 saturated carbocycles. The molecule has 0 aliphatic carbocycles. The summed E-state index contributed by atoms with van der Waals surface area (Å²) < 4.78 is 4.82. The highest BCUT2D eigenvalue weighted by Gasteiger charge is 2.23. The van der Waals surface area contributed by atoms with Gasteiger partial charge in [0.15, 0.2) is 17.5 Å². The average Bonchev–Trinajstić information content (AvgIpc) is 3.88. The van der Waals surface area contributed by atoms with E-state index >= 15 is 0 Å². The molecule has 0 unspecified atom stereocenters. The molecule has 3 aromatic heterocycles. The van der Waals surface area contributed by atoms with E-state index in [0.717, 1.165) is 66.5 Å². The Labute approximate surface area is 358 Å². The van der Waals surface area contributed by atoms with Crippen LogP contribution in [0.25, 0.3) is 111 Å². The maximum absolute atomic E-state index is 5.22. The van der Waals surface area contributed by atoms with Crippen molar-refractivity contribution in [3.63, 3.8) is 0 Å². The smallest absolute Gasteiger partial charge is 0.166 e. The van der Waals surface area contributed by atoms with Gasteiger partial charge in [0.1, 0.15) is 0 Å². The summed E-state index contributed by atoms with van der Waals surface area (Å²) in [6.45, 7) is 0. The van der Waals surface area contributed by atoms with E-state index in [-0.39, 0.29) is 0 Å². The van der Waals surface area contributed by atoms with Crippen molar-refractivity contribution < 1.29 is 0 Å². The molecule has 0 spiro atoms. The number of fused-ring (bicyclic) bond motifs is 6. The molecular weight excluding hydrogens is 755 g/mol. The topological polar surface area (TPSA) is 48.5 Å². The van der Waals surface area contributed by atoms with E-state index < -0.39 is 0 Å². The van der Waals surface area contributed by atoms with Gasteiger partial charge < -0.3 is 9.13 Å². The first-order valence-corrected chi connectivity index (χ1v) is 21.0. The van der Waals surface area contributed by atoms with E-state index in [9.17, 15) is 0 Å². The Hall–Kier alpha value is -8.41. The molecule has 62 heavy (non-hydrogen) atoms. The van der Waals surface area contributed by atoms with E-state index in [1.165, 1.54) is 27.4 Å². The van der Waals surface area contributed by atoms with E-state index in [0.29, 0.717) is 17.5 Å². The highest BCUT2D eigenvalue weighted by atomic mass is 15.0. The van der Waals surface area contributed by atoms with Gasteiger partial charge in [0.05, 0.1) is 22.1 Å². The van der Waals surface area contributed by atoms with Crippen LogP contribution < -0.4 is 0 Å². The van der Waals surface area contributed by atoms with E-state index in [2.05, 4.69) is 197 Å². The zero-order valence-electron chi connectivity index (χ0n) is 33.6. The third kappa shape index (κ3) is 5.90. The molecule has 0 aliphatic heterocycles. The Kier molecular flexibility index (Phi) is 8.42. The van der Waals surface area contributed by atoms with Crippen LogP contribution in [-0.2, 0) is 0 Å². The molecule has 0 amide bonds. The average molecular weight is 792 g/mol. The zero-order valence-corrected chi connectivity index (χ0v) is 33.6. The second-order valence-corrected chi connectivity index (χ2v) is 15.6. The predicted molar refractivity (Wildman–Crippen MR) is 256 cm³/mol. The van der Waals surface area contributed by atoms with Gasteiger partial charge in [-0.3, -0.25) is 0 Å². The van der Waals surface area contributed by atoms with Crippen molar-refractivity contribution in [3.8, 4) is 67.8 Å². The summed E-state index contributed by atoms with van der Waals surface area (Å²) >= 11 is 0. The van der Waals surface area contributed by atoms with Crippen LogP contribution in [0.2, 0.25) is 0 Å². The Bertz CT molecular complexity index is 3540. The van der Waals surface area contributed by atoms with Gasteiger partial charge in [0.25, 0.3) is 0 Å².